The second-order valence-electron chi connectivity index (χ2n) is 12.3. The van der Waals surface area contributed by atoms with Crippen LogP contribution in [0, 0.1) is 17.8 Å². The molecule has 214 valence electrons. The van der Waals surface area contributed by atoms with Gasteiger partial charge < -0.3 is 23.8 Å². The summed E-state index contributed by atoms with van der Waals surface area (Å²) < 4.78 is 23.4. The van der Waals surface area contributed by atoms with Gasteiger partial charge in [-0.25, -0.2) is 0 Å². The predicted octanol–water partition coefficient (Wildman–Crippen LogP) is 7.46. The predicted molar refractivity (Wildman–Crippen MR) is 152 cm³/mol. The number of rotatable bonds is 19. The topological polar surface area (TPSA) is 40.2 Å². The highest BCUT2D eigenvalue weighted by atomic mass is 16.6. The normalized spacial score (nSPS) is 14.2. The molecule has 0 radical (unpaired) electrons. The summed E-state index contributed by atoms with van der Waals surface area (Å²) >= 11 is 0. The van der Waals surface area contributed by atoms with Gasteiger partial charge in [0.1, 0.15) is 12.2 Å². The van der Waals surface area contributed by atoms with Gasteiger partial charge in [0.15, 0.2) is 0 Å². The summed E-state index contributed by atoms with van der Waals surface area (Å²) in [7, 11) is 0. The van der Waals surface area contributed by atoms with Crippen LogP contribution in [0.2, 0.25) is 0 Å². The Morgan fingerprint density at radius 2 is 0.800 bits per heavy atom. The van der Waals surface area contributed by atoms with Crippen LogP contribution in [0.4, 0.5) is 0 Å². The summed E-state index contributed by atoms with van der Waals surface area (Å²) in [5.41, 5.74) is 0. The fourth-order valence-electron chi connectivity index (χ4n) is 3.43. The smallest absolute Gasteiger partial charge is 0.110 e. The zero-order chi connectivity index (χ0) is 27.6. The van der Waals surface area contributed by atoms with Crippen molar-refractivity contribution in [3.63, 3.8) is 0 Å². The van der Waals surface area contributed by atoms with Gasteiger partial charge in [-0.15, -0.1) is 0 Å². The molecule has 0 aliphatic carbocycles. The van der Waals surface area contributed by atoms with Gasteiger partial charge >= 0.3 is 0 Å². The first-order valence-corrected chi connectivity index (χ1v) is 14.4. The monoisotopic (exact) mass is 503 g/mol. The van der Waals surface area contributed by atoms with Crippen LogP contribution in [0.1, 0.15) is 110 Å². The summed E-state index contributed by atoms with van der Waals surface area (Å²) in [6.07, 6.45) is 3.08. The Balaban J connectivity index is 0. The molecule has 0 saturated heterocycles. The van der Waals surface area contributed by atoms with Crippen LogP contribution in [-0.2, 0) is 18.9 Å². The van der Waals surface area contributed by atoms with Crippen molar-refractivity contribution in [2.45, 2.75) is 146 Å². The maximum absolute atomic E-state index is 5.97. The first-order valence-electron chi connectivity index (χ1n) is 14.4. The quantitative estimate of drug-likeness (QED) is 0.183. The number of hydrogen-bond acceptors (Lipinski definition) is 5. The van der Waals surface area contributed by atoms with E-state index in [0.29, 0.717) is 13.2 Å². The van der Waals surface area contributed by atoms with Crippen molar-refractivity contribution in [1.29, 1.82) is 0 Å². The molecule has 0 fully saturated rings. The second-order valence-corrected chi connectivity index (χ2v) is 12.3. The molecule has 0 aromatic carbocycles. The van der Waals surface area contributed by atoms with Gasteiger partial charge in [0.2, 0.25) is 0 Å². The van der Waals surface area contributed by atoms with Crippen molar-refractivity contribution in [3.8, 4) is 0 Å². The lowest BCUT2D eigenvalue weighted by Crippen LogP contribution is -2.42. The molecular formula is C30H65NO4. The largest absolute Gasteiger partial charge is 0.376 e. The molecule has 0 saturated carbocycles. The Labute approximate surface area is 221 Å². The van der Waals surface area contributed by atoms with Crippen molar-refractivity contribution in [2.75, 3.05) is 32.8 Å². The molecule has 2 atom stereocenters. The van der Waals surface area contributed by atoms with E-state index in [0.717, 1.165) is 17.8 Å². The minimum Gasteiger partial charge on any atom is -0.376 e. The van der Waals surface area contributed by atoms with Gasteiger partial charge in [0.05, 0.1) is 37.6 Å². The van der Waals surface area contributed by atoms with E-state index < -0.39 is 0 Å². The van der Waals surface area contributed by atoms with E-state index >= 15 is 0 Å². The SMILES string of the molecule is CC(C)CCN(CCC(C)C)CC(C)C.CC(C)OCC(OC(C)C)C(COC(C)C)OC(C)C. The van der Waals surface area contributed by atoms with Crippen molar-refractivity contribution in [3.05, 3.63) is 0 Å². The van der Waals surface area contributed by atoms with Crippen molar-refractivity contribution in [1.82, 2.24) is 4.90 Å². The van der Waals surface area contributed by atoms with Gasteiger partial charge in [-0.3, -0.25) is 0 Å². The van der Waals surface area contributed by atoms with E-state index in [2.05, 4.69) is 46.4 Å². The molecule has 0 aliphatic heterocycles. The molecule has 0 amide bonds. The van der Waals surface area contributed by atoms with Crippen molar-refractivity contribution in [2.24, 2.45) is 17.8 Å². The zero-order valence-electron chi connectivity index (χ0n) is 26.2. The fourth-order valence-corrected chi connectivity index (χ4v) is 3.43. The Morgan fingerprint density at radius 3 is 1.03 bits per heavy atom. The molecule has 0 aromatic rings. The van der Waals surface area contributed by atoms with E-state index in [1.165, 1.54) is 32.5 Å². The van der Waals surface area contributed by atoms with Gasteiger partial charge in [-0.05, 0) is 99.1 Å². The lowest BCUT2D eigenvalue weighted by atomic mass is 10.1. The average molecular weight is 504 g/mol. The van der Waals surface area contributed by atoms with Crippen molar-refractivity contribution < 1.29 is 18.9 Å². The van der Waals surface area contributed by atoms with E-state index in [4.69, 9.17) is 18.9 Å². The molecule has 5 heteroatoms. The molecule has 0 aliphatic rings. The Morgan fingerprint density at radius 1 is 0.457 bits per heavy atom. The van der Waals surface area contributed by atoms with Crippen LogP contribution in [-0.4, -0.2) is 74.4 Å². The second kappa shape index (κ2) is 21.8. The summed E-state index contributed by atoms with van der Waals surface area (Å²) in [5, 5.41) is 0. The summed E-state index contributed by atoms with van der Waals surface area (Å²) in [6.45, 7) is 35.0. The van der Waals surface area contributed by atoms with Crippen LogP contribution in [0.5, 0.6) is 0 Å². The average Bonchev–Trinajstić information content (AvgIpc) is 2.69. The van der Waals surface area contributed by atoms with Crippen LogP contribution in [0.15, 0.2) is 0 Å². The molecule has 0 heterocycles. The van der Waals surface area contributed by atoms with E-state index in [9.17, 15) is 0 Å². The molecule has 5 nitrogen and oxygen atoms in total. The van der Waals surface area contributed by atoms with Gasteiger partial charge in [-0.2, -0.15) is 0 Å². The van der Waals surface area contributed by atoms with E-state index in [1.54, 1.807) is 0 Å². The summed E-state index contributed by atoms with van der Waals surface area (Å²) in [6, 6.07) is 0. The van der Waals surface area contributed by atoms with Crippen LogP contribution < -0.4 is 0 Å². The first-order chi connectivity index (χ1) is 16.1. The maximum atomic E-state index is 5.97. The lowest BCUT2D eigenvalue weighted by Gasteiger charge is -2.31. The van der Waals surface area contributed by atoms with Crippen LogP contribution in [0.3, 0.4) is 0 Å². The number of ether oxygens (including phenoxy) is 4. The van der Waals surface area contributed by atoms with Crippen LogP contribution >= 0.6 is 0 Å². The Bertz CT molecular complexity index is 414. The number of nitrogens with zero attached hydrogens (tertiary/aromatic N) is 1. The minimum atomic E-state index is -0.112. The highest BCUT2D eigenvalue weighted by Gasteiger charge is 2.26. The third-order valence-corrected chi connectivity index (χ3v) is 5.16. The Hall–Kier alpha value is -0.200. The highest BCUT2D eigenvalue weighted by Crippen LogP contribution is 2.13. The lowest BCUT2D eigenvalue weighted by molar-refractivity contribution is -0.161. The molecule has 35 heavy (non-hydrogen) atoms. The van der Waals surface area contributed by atoms with Gasteiger partial charge in [-0.1, -0.05) is 41.5 Å². The third-order valence-electron chi connectivity index (χ3n) is 5.16. The molecule has 2 unspecified atom stereocenters. The molecule has 0 spiro atoms. The van der Waals surface area contributed by atoms with Crippen LogP contribution in [0.25, 0.3) is 0 Å². The van der Waals surface area contributed by atoms with E-state index in [-0.39, 0.29) is 36.6 Å². The maximum Gasteiger partial charge on any atom is 0.110 e. The minimum absolute atomic E-state index is 0.112. The van der Waals surface area contributed by atoms with Gasteiger partial charge in [0, 0.05) is 6.54 Å². The molecule has 0 N–H and O–H groups in total. The fraction of sp³-hybridized carbons (Fsp3) is 1.00. The number of hydrogen-bond donors (Lipinski definition) is 0. The molecule has 0 aromatic heterocycles. The van der Waals surface area contributed by atoms with Gasteiger partial charge in [0.25, 0.3) is 0 Å². The standard InChI is InChI=1S/C16H34O4.C14H31N/c1-11(2)17-9-15(19-13(5)6)16(20-14(7)8)10-18-12(3)4;1-12(2)7-9-15(11-14(5)6)10-8-13(3)4/h11-16H,9-10H2,1-8H3;12-14H,7-11H2,1-6H3. The molecule has 0 rings (SSSR count). The molecular weight excluding hydrogens is 438 g/mol. The summed E-state index contributed by atoms with van der Waals surface area (Å²) in [5.74, 6) is 2.46. The Kier molecular flexibility index (Phi) is 23.1. The highest BCUT2D eigenvalue weighted by molar-refractivity contribution is 4.73. The first kappa shape index (κ1) is 37.0. The zero-order valence-corrected chi connectivity index (χ0v) is 26.2. The van der Waals surface area contributed by atoms with Crippen molar-refractivity contribution >= 4 is 0 Å². The summed E-state index contributed by atoms with van der Waals surface area (Å²) in [4.78, 5) is 2.64. The van der Waals surface area contributed by atoms with E-state index in [1.807, 2.05) is 55.4 Å². The molecule has 0 bridgehead atoms. The third kappa shape index (κ3) is 26.7.